The van der Waals surface area contributed by atoms with Crippen LogP contribution in [0.3, 0.4) is 0 Å². The molecule has 102 valence electrons. The van der Waals surface area contributed by atoms with Gasteiger partial charge in [-0.25, -0.2) is 8.42 Å². The van der Waals surface area contributed by atoms with Gasteiger partial charge in [0.05, 0.1) is 6.20 Å². The number of hydrogen-bond acceptors (Lipinski definition) is 4. The van der Waals surface area contributed by atoms with Crippen LogP contribution in [0, 0.1) is 5.92 Å². The van der Waals surface area contributed by atoms with E-state index in [1.807, 2.05) is 0 Å². The molecule has 1 aromatic heterocycles. The lowest BCUT2D eigenvalue weighted by Gasteiger charge is -2.19. The van der Waals surface area contributed by atoms with Crippen molar-refractivity contribution < 1.29 is 18.3 Å². The lowest BCUT2D eigenvalue weighted by atomic mass is 10.0. The molecule has 0 aromatic carbocycles. The zero-order valence-corrected chi connectivity index (χ0v) is 11.3. The Morgan fingerprint density at radius 3 is 2.61 bits per heavy atom. The number of sulfonamides is 1. The van der Waals surface area contributed by atoms with Crippen molar-refractivity contribution >= 4 is 16.0 Å². The van der Waals surface area contributed by atoms with Crippen molar-refractivity contribution in [3.05, 3.63) is 12.3 Å². The van der Waals surface area contributed by atoms with Gasteiger partial charge in [0.15, 0.2) is 5.03 Å². The average Bonchev–Trinajstić information content (AvgIpc) is 2.72. The van der Waals surface area contributed by atoms with Gasteiger partial charge < -0.3 is 5.11 Å². The van der Waals surface area contributed by atoms with Crippen molar-refractivity contribution in [3.63, 3.8) is 0 Å². The minimum atomic E-state index is -3.88. The Labute approximate surface area is 106 Å². The van der Waals surface area contributed by atoms with Crippen LogP contribution in [0.2, 0.25) is 0 Å². The van der Waals surface area contributed by atoms with E-state index >= 15 is 0 Å². The molecule has 0 saturated heterocycles. The molecule has 18 heavy (non-hydrogen) atoms. The molecule has 2 atom stereocenters. The van der Waals surface area contributed by atoms with E-state index < -0.39 is 22.0 Å². The number of carboxylic acid groups (broad SMARTS) is 1. The summed E-state index contributed by atoms with van der Waals surface area (Å²) in [7, 11) is -2.40. The molecular weight excluding hydrogens is 258 g/mol. The lowest BCUT2D eigenvalue weighted by molar-refractivity contribution is -0.140. The number of carboxylic acids is 1. The lowest BCUT2D eigenvalue weighted by Crippen LogP contribution is -2.45. The molecule has 0 aliphatic rings. The van der Waals surface area contributed by atoms with E-state index in [1.54, 1.807) is 13.8 Å². The van der Waals surface area contributed by atoms with Gasteiger partial charge in [0.2, 0.25) is 0 Å². The third-order valence-electron chi connectivity index (χ3n) is 2.81. The van der Waals surface area contributed by atoms with Crippen LogP contribution in [0.4, 0.5) is 0 Å². The molecule has 0 bridgehead atoms. The molecule has 7 nitrogen and oxygen atoms in total. The largest absolute Gasteiger partial charge is 0.480 e. The average molecular weight is 275 g/mol. The summed E-state index contributed by atoms with van der Waals surface area (Å²) in [6, 6.07) is 0.174. The van der Waals surface area contributed by atoms with E-state index in [9.17, 15) is 13.2 Å². The molecule has 8 heteroatoms. The van der Waals surface area contributed by atoms with Crippen LogP contribution in [0.15, 0.2) is 17.3 Å². The second-order valence-electron chi connectivity index (χ2n) is 4.12. The number of aliphatic carboxylic acids is 1. The molecule has 0 aliphatic heterocycles. The second-order valence-corrected chi connectivity index (χ2v) is 5.78. The highest BCUT2D eigenvalue weighted by Gasteiger charge is 2.30. The third-order valence-corrected chi connectivity index (χ3v) is 4.33. The quantitative estimate of drug-likeness (QED) is 0.772. The van der Waals surface area contributed by atoms with E-state index in [4.69, 9.17) is 5.11 Å². The molecule has 1 aromatic rings. The van der Waals surface area contributed by atoms with Crippen LogP contribution in [0.1, 0.15) is 20.3 Å². The van der Waals surface area contributed by atoms with Crippen LogP contribution in [-0.2, 0) is 21.9 Å². The van der Waals surface area contributed by atoms with Gasteiger partial charge >= 0.3 is 5.97 Å². The van der Waals surface area contributed by atoms with Gasteiger partial charge in [-0.3, -0.25) is 9.48 Å². The minimum absolute atomic E-state index is 0.0583. The van der Waals surface area contributed by atoms with Crippen LogP contribution in [0.5, 0.6) is 0 Å². The maximum absolute atomic E-state index is 12.0. The zero-order chi connectivity index (χ0) is 13.9. The molecule has 0 fully saturated rings. The predicted molar refractivity (Wildman–Crippen MR) is 64.4 cm³/mol. The predicted octanol–water partition coefficient (Wildman–Crippen LogP) is 0.198. The summed E-state index contributed by atoms with van der Waals surface area (Å²) in [5.41, 5.74) is 0. The van der Waals surface area contributed by atoms with Crippen LogP contribution in [0.25, 0.3) is 0 Å². The Kier molecular flexibility index (Phi) is 4.47. The van der Waals surface area contributed by atoms with Gasteiger partial charge in [-0.2, -0.15) is 9.82 Å². The van der Waals surface area contributed by atoms with E-state index in [1.165, 1.54) is 24.0 Å². The molecule has 1 heterocycles. The summed E-state index contributed by atoms with van der Waals surface area (Å²) >= 11 is 0. The second kappa shape index (κ2) is 5.49. The Morgan fingerprint density at radius 2 is 2.22 bits per heavy atom. The Hall–Kier alpha value is -1.41. The first kappa shape index (κ1) is 14.7. The van der Waals surface area contributed by atoms with Crippen molar-refractivity contribution in [1.29, 1.82) is 0 Å². The van der Waals surface area contributed by atoms with Crippen molar-refractivity contribution in [2.24, 2.45) is 13.0 Å². The number of nitrogens with zero attached hydrogens (tertiary/aromatic N) is 2. The molecule has 1 rings (SSSR count). The summed E-state index contributed by atoms with van der Waals surface area (Å²) in [5.74, 6) is -1.49. The number of hydrogen-bond donors (Lipinski definition) is 2. The fourth-order valence-corrected chi connectivity index (χ4v) is 2.92. The van der Waals surface area contributed by atoms with Crippen molar-refractivity contribution in [3.8, 4) is 0 Å². The van der Waals surface area contributed by atoms with Gasteiger partial charge in [0, 0.05) is 7.05 Å². The summed E-state index contributed by atoms with van der Waals surface area (Å²) in [6.45, 7) is 3.49. The monoisotopic (exact) mass is 275 g/mol. The Morgan fingerprint density at radius 1 is 1.61 bits per heavy atom. The SMILES string of the molecule is CC[C@H](C)[C@H](NS(=O)(=O)c1ccnn1C)C(=O)O. The van der Waals surface area contributed by atoms with Crippen molar-refractivity contribution in [2.75, 3.05) is 0 Å². The highest BCUT2D eigenvalue weighted by molar-refractivity contribution is 7.89. The molecule has 2 N–H and O–H groups in total. The summed E-state index contributed by atoms with van der Waals surface area (Å²) in [4.78, 5) is 11.1. The molecule has 0 spiro atoms. The van der Waals surface area contributed by atoms with Crippen molar-refractivity contribution in [1.82, 2.24) is 14.5 Å². The number of nitrogens with one attached hydrogen (secondary N) is 1. The summed E-state index contributed by atoms with van der Waals surface area (Å²) < 4.78 is 27.4. The zero-order valence-electron chi connectivity index (χ0n) is 10.5. The fraction of sp³-hybridized carbons (Fsp3) is 0.600. The van der Waals surface area contributed by atoms with Gasteiger partial charge in [-0.1, -0.05) is 20.3 Å². The standard InChI is InChI=1S/C10H17N3O4S/c1-4-7(2)9(10(14)15)12-18(16,17)8-5-6-11-13(8)3/h5-7,9,12H,4H2,1-3H3,(H,14,15)/t7-,9-/m0/s1. The number of carbonyl (C=O) groups is 1. The summed E-state index contributed by atoms with van der Waals surface area (Å²) in [6.07, 6.45) is 1.90. The minimum Gasteiger partial charge on any atom is -0.480 e. The Balaban J connectivity index is 3.01. The smallest absolute Gasteiger partial charge is 0.322 e. The first-order chi connectivity index (χ1) is 8.29. The first-order valence-electron chi connectivity index (χ1n) is 5.52. The molecule has 0 radical (unpaired) electrons. The number of rotatable bonds is 6. The van der Waals surface area contributed by atoms with Crippen LogP contribution >= 0.6 is 0 Å². The van der Waals surface area contributed by atoms with Gasteiger partial charge in [0.1, 0.15) is 6.04 Å². The maximum atomic E-state index is 12.0. The normalized spacial score (nSPS) is 15.3. The van der Waals surface area contributed by atoms with Gasteiger partial charge in [-0.05, 0) is 12.0 Å². The molecular formula is C10H17N3O4S. The van der Waals surface area contributed by atoms with Crippen LogP contribution < -0.4 is 4.72 Å². The van der Waals surface area contributed by atoms with Crippen molar-refractivity contribution in [2.45, 2.75) is 31.3 Å². The molecule has 0 amide bonds. The topological polar surface area (TPSA) is 101 Å². The third kappa shape index (κ3) is 3.08. The number of aryl methyl sites for hydroxylation is 1. The highest BCUT2D eigenvalue weighted by Crippen LogP contribution is 2.13. The van der Waals surface area contributed by atoms with Crippen LogP contribution in [-0.4, -0.2) is 35.3 Å². The first-order valence-corrected chi connectivity index (χ1v) is 7.01. The van der Waals surface area contributed by atoms with Gasteiger partial charge in [0.25, 0.3) is 10.0 Å². The highest BCUT2D eigenvalue weighted by atomic mass is 32.2. The van der Waals surface area contributed by atoms with E-state index in [-0.39, 0.29) is 10.9 Å². The molecule has 0 aliphatic carbocycles. The maximum Gasteiger partial charge on any atom is 0.322 e. The fourth-order valence-electron chi connectivity index (χ4n) is 1.50. The Bertz CT molecular complexity index is 523. The van der Waals surface area contributed by atoms with Gasteiger partial charge in [-0.15, -0.1) is 0 Å². The van der Waals surface area contributed by atoms with E-state index in [0.29, 0.717) is 6.42 Å². The molecule has 0 unspecified atom stereocenters. The summed E-state index contributed by atoms with van der Waals surface area (Å²) in [5, 5.41) is 12.7. The van der Waals surface area contributed by atoms with E-state index in [0.717, 1.165) is 0 Å². The van der Waals surface area contributed by atoms with E-state index in [2.05, 4.69) is 9.82 Å². The molecule has 0 saturated carbocycles. The number of aromatic nitrogens is 2.